The van der Waals surface area contributed by atoms with Crippen LogP contribution in [-0.2, 0) is 10.0 Å². The lowest BCUT2D eigenvalue weighted by molar-refractivity contribution is 0.0760. The average Bonchev–Trinajstić information content (AvgIpc) is 2.70. The van der Waals surface area contributed by atoms with E-state index in [4.69, 9.17) is 0 Å². The van der Waals surface area contributed by atoms with E-state index in [0.29, 0.717) is 11.5 Å². The summed E-state index contributed by atoms with van der Waals surface area (Å²) in [6, 6.07) is 10.9. The van der Waals surface area contributed by atoms with E-state index in [1.165, 1.54) is 67.8 Å². The molecule has 3 rings (SSSR count). The van der Waals surface area contributed by atoms with E-state index in [1.807, 2.05) is 0 Å². The number of nitrogens with zero attached hydrogens (tertiary/aromatic N) is 1. The molecule has 1 amide bonds. The van der Waals surface area contributed by atoms with Crippen LogP contribution in [0.1, 0.15) is 42.5 Å². The van der Waals surface area contributed by atoms with Crippen LogP contribution >= 0.6 is 0 Å². The number of halogens is 1. The summed E-state index contributed by atoms with van der Waals surface area (Å²) in [6.45, 7) is 0.727. The van der Waals surface area contributed by atoms with Crippen LogP contribution in [0, 0.1) is 11.7 Å². The van der Waals surface area contributed by atoms with Crippen LogP contribution in [0.5, 0.6) is 0 Å². The van der Waals surface area contributed by atoms with Gasteiger partial charge in [0.25, 0.3) is 15.9 Å². The Bertz CT molecular complexity index is 906. The zero-order valence-electron chi connectivity index (χ0n) is 15.9. The van der Waals surface area contributed by atoms with Crippen molar-refractivity contribution in [3.05, 3.63) is 59.9 Å². The summed E-state index contributed by atoms with van der Waals surface area (Å²) in [4.78, 5) is 14.4. The molecule has 0 heterocycles. The number of sulfonamides is 1. The van der Waals surface area contributed by atoms with E-state index in [0.717, 1.165) is 19.4 Å². The van der Waals surface area contributed by atoms with Gasteiger partial charge in [0.2, 0.25) is 0 Å². The third-order valence-electron chi connectivity index (χ3n) is 5.11. The quantitative estimate of drug-likeness (QED) is 0.781. The zero-order valence-corrected chi connectivity index (χ0v) is 16.7. The highest BCUT2D eigenvalue weighted by Gasteiger charge is 2.20. The first-order valence-electron chi connectivity index (χ1n) is 9.49. The van der Waals surface area contributed by atoms with Gasteiger partial charge in [0.05, 0.1) is 4.90 Å². The summed E-state index contributed by atoms with van der Waals surface area (Å²) in [5.74, 6) is -0.00793. The molecule has 0 atom stereocenters. The van der Waals surface area contributed by atoms with Gasteiger partial charge in [-0.1, -0.05) is 19.3 Å². The van der Waals surface area contributed by atoms with Crippen molar-refractivity contribution in [1.29, 1.82) is 0 Å². The van der Waals surface area contributed by atoms with Crippen molar-refractivity contribution < 1.29 is 17.6 Å². The molecule has 1 saturated carbocycles. The van der Waals surface area contributed by atoms with Gasteiger partial charge in [0.1, 0.15) is 5.82 Å². The van der Waals surface area contributed by atoms with Crippen LogP contribution in [-0.4, -0.2) is 32.8 Å². The van der Waals surface area contributed by atoms with E-state index in [1.54, 1.807) is 11.9 Å². The standard InChI is InChI=1S/C21H25FN2O3S/c1-24(15-16-5-3-2-4-6-16)21(25)17-7-13-20(14-8-17)28(26,27)23-19-11-9-18(22)10-12-19/h7-14,16,23H,2-6,15H2,1H3. The summed E-state index contributed by atoms with van der Waals surface area (Å²) in [6.07, 6.45) is 6.03. The van der Waals surface area contributed by atoms with Gasteiger partial charge in [0.15, 0.2) is 0 Å². The lowest BCUT2D eigenvalue weighted by atomic mass is 9.89. The second kappa shape index (κ2) is 8.73. The molecule has 5 nitrogen and oxygen atoms in total. The van der Waals surface area contributed by atoms with Crippen molar-refractivity contribution in [2.45, 2.75) is 37.0 Å². The summed E-state index contributed by atoms with van der Waals surface area (Å²) < 4.78 is 40.3. The SMILES string of the molecule is CN(CC1CCCCC1)C(=O)c1ccc(S(=O)(=O)Nc2ccc(F)cc2)cc1. The van der Waals surface area contributed by atoms with Crippen LogP contribution < -0.4 is 4.72 Å². The molecule has 1 N–H and O–H groups in total. The summed E-state index contributed by atoms with van der Waals surface area (Å²) in [5, 5.41) is 0. The topological polar surface area (TPSA) is 66.5 Å². The average molecular weight is 405 g/mol. The van der Waals surface area contributed by atoms with E-state index in [9.17, 15) is 17.6 Å². The number of rotatable bonds is 6. The molecule has 7 heteroatoms. The maximum absolute atomic E-state index is 13.0. The van der Waals surface area contributed by atoms with Crippen LogP contribution in [0.4, 0.5) is 10.1 Å². The molecule has 0 saturated heterocycles. The van der Waals surface area contributed by atoms with Crippen LogP contribution in [0.25, 0.3) is 0 Å². The van der Waals surface area contributed by atoms with Gasteiger partial charge < -0.3 is 4.90 Å². The lowest BCUT2D eigenvalue weighted by Crippen LogP contribution is -2.32. The van der Waals surface area contributed by atoms with Crippen molar-refractivity contribution in [3.63, 3.8) is 0 Å². The first kappa shape index (κ1) is 20.3. The Balaban J connectivity index is 1.66. The molecule has 0 unspecified atom stereocenters. The van der Waals surface area contributed by atoms with Gasteiger partial charge in [-0.3, -0.25) is 9.52 Å². The molecule has 1 aliphatic rings. The molecular weight excluding hydrogens is 379 g/mol. The second-order valence-corrected chi connectivity index (χ2v) is 9.01. The second-order valence-electron chi connectivity index (χ2n) is 7.33. The van der Waals surface area contributed by atoms with Crippen LogP contribution in [0.2, 0.25) is 0 Å². The monoisotopic (exact) mass is 404 g/mol. The van der Waals surface area contributed by atoms with E-state index in [-0.39, 0.29) is 16.5 Å². The minimum absolute atomic E-state index is 0.0447. The Labute approximate surface area is 165 Å². The van der Waals surface area contributed by atoms with Crippen molar-refractivity contribution in [2.75, 3.05) is 18.3 Å². The molecule has 28 heavy (non-hydrogen) atoms. The molecule has 0 aromatic heterocycles. The number of amides is 1. The van der Waals surface area contributed by atoms with E-state index < -0.39 is 15.8 Å². The van der Waals surface area contributed by atoms with Gasteiger partial charge in [0, 0.05) is 24.8 Å². The number of carbonyl (C=O) groups excluding carboxylic acids is 1. The Kier molecular flexibility index (Phi) is 6.34. The number of benzene rings is 2. The number of nitrogens with one attached hydrogen (secondary N) is 1. The fourth-order valence-electron chi connectivity index (χ4n) is 3.57. The normalized spacial score (nSPS) is 15.2. The highest BCUT2D eigenvalue weighted by atomic mass is 32.2. The summed E-state index contributed by atoms with van der Waals surface area (Å²) in [7, 11) is -2.02. The Morgan fingerprint density at radius 2 is 1.64 bits per heavy atom. The maximum atomic E-state index is 13.0. The van der Waals surface area contributed by atoms with Crippen molar-refractivity contribution in [3.8, 4) is 0 Å². The molecular formula is C21H25FN2O3S. The van der Waals surface area contributed by atoms with Crippen molar-refractivity contribution >= 4 is 21.6 Å². The molecule has 1 aliphatic carbocycles. The van der Waals surface area contributed by atoms with E-state index >= 15 is 0 Å². The molecule has 0 radical (unpaired) electrons. The summed E-state index contributed by atoms with van der Waals surface area (Å²) >= 11 is 0. The third kappa shape index (κ3) is 5.10. The number of hydrogen-bond acceptors (Lipinski definition) is 3. The first-order valence-corrected chi connectivity index (χ1v) is 11.0. The highest BCUT2D eigenvalue weighted by Crippen LogP contribution is 2.24. The Morgan fingerprint density at radius 1 is 1.04 bits per heavy atom. The van der Waals surface area contributed by atoms with Crippen LogP contribution in [0.3, 0.4) is 0 Å². The van der Waals surface area contributed by atoms with Gasteiger partial charge >= 0.3 is 0 Å². The fraction of sp³-hybridized carbons (Fsp3) is 0.381. The first-order chi connectivity index (χ1) is 13.3. The smallest absolute Gasteiger partial charge is 0.261 e. The summed E-state index contributed by atoms with van der Waals surface area (Å²) in [5.41, 5.74) is 0.729. The number of hydrogen-bond donors (Lipinski definition) is 1. The number of carbonyl (C=O) groups is 1. The Hall–Kier alpha value is -2.41. The predicted octanol–water partition coefficient (Wildman–Crippen LogP) is 4.28. The molecule has 2 aromatic rings. The molecule has 0 spiro atoms. The molecule has 1 fully saturated rings. The fourth-order valence-corrected chi connectivity index (χ4v) is 4.63. The number of anilines is 1. The van der Waals surface area contributed by atoms with Gasteiger partial charge in [-0.05, 0) is 67.3 Å². The van der Waals surface area contributed by atoms with Gasteiger partial charge in [-0.2, -0.15) is 0 Å². The van der Waals surface area contributed by atoms with Crippen LogP contribution in [0.15, 0.2) is 53.4 Å². The minimum atomic E-state index is -3.81. The zero-order chi connectivity index (χ0) is 20.1. The van der Waals surface area contributed by atoms with Crippen molar-refractivity contribution in [2.24, 2.45) is 5.92 Å². The van der Waals surface area contributed by atoms with Gasteiger partial charge in [-0.15, -0.1) is 0 Å². The molecule has 0 bridgehead atoms. The largest absolute Gasteiger partial charge is 0.341 e. The molecule has 150 valence electrons. The van der Waals surface area contributed by atoms with Gasteiger partial charge in [-0.25, -0.2) is 12.8 Å². The Morgan fingerprint density at radius 3 is 2.25 bits per heavy atom. The highest BCUT2D eigenvalue weighted by molar-refractivity contribution is 7.92. The minimum Gasteiger partial charge on any atom is -0.341 e. The maximum Gasteiger partial charge on any atom is 0.261 e. The predicted molar refractivity (Wildman–Crippen MR) is 107 cm³/mol. The molecule has 2 aromatic carbocycles. The van der Waals surface area contributed by atoms with E-state index in [2.05, 4.69) is 4.72 Å². The van der Waals surface area contributed by atoms with Crippen molar-refractivity contribution in [1.82, 2.24) is 4.90 Å². The third-order valence-corrected chi connectivity index (χ3v) is 6.51. The molecule has 0 aliphatic heterocycles. The lowest BCUT2D eigenvalue weighted by Gasteiger charge is -2.27.